The summed E-state index contributed by atoms with van der Waals surface area (Å²) < 4.78 is 42.6. The lowest BCUT2D eigenvalue weighted by Crippen LogP contribution is -2.03. The second-order valence-electron chi connectivity index (χ2n) is 3.95. The minimum Gasteiger partial charge on any atom is -0.478 e. The predicted octanol–water partition coefficient (Wildman–Crippen LogP) is 4.06. The molecule has 0 unspecified atom stereocenters. The van der Waals surface area contributed by atoms with Gasteiger partial charge in [0.1, 0.15) is 11.5 Å². The van der Waals surface area contributed by atoms with E-state index in [0.29, 0.717) is 17.1 Å². The molecule has 104 valence electrons. The van der Waals surface area contributed by atoms with Crippen molar-refractivity contribution in [2.45, 2.75) is 6.18 Å². The SMILES string of the molecule is O=C(O)C=Cc1ccc(-c2ccc(C(F)(F)F)cc2)o1. The Hall–Kier alpha value is -2.50. The molecule has 0 bridgehead atoms. The molecule has 6 heteroatoms. The lowest BCUT2D eigenvalue weighted by Gasteiger charge is -2.06. The Morgan fingerprint density at radius 1 is 1.10 bits per heavy atom. The highest BCUT2D eigenvalue weighted by Gasteiger charge is 2.30. The topological polar surface area (TPSA) is 50.4 Å². The molecule has 1 aromatic heterocycles. The van der Waals surface area contributed by atoms with E-state index >= 15 is 0 Å². The highest BCUT2D eigenvalue weighted by atomic mass is 19.4. The molecule has 0 aliphatic carbocycles. The van der Waals surface area contributed by atoms with Gasteiger partial charge in [0, 0.05) is 11.6 Å². The third-order valence-electron chi connectivity index (χ3n) is 2.51. The molecule has 2 rings (SSSR count). The first-order valence-electron chi connectivity index (χ1n) is 5.55. The average Bonchev–Trinajstić information content (AvgIpc) is 2.84. The molecule has 2 aromatic rings. The van der Waals surface area contributed by atoms with Gasteiger partial charge in [0.2, 0.25) is 0 Å². The zero-order chi connectivity index (χ0) is 14.8. The van der Waals surface area contributed by atoms with E-state index in [2.05, 4.69) is 0 Å². The first-order valence-corrected chi connectivity index (χ1v) is 5.55. The van der Waals surface area contributed by atoms with Gasteiger partial charge in [-0.05, 0) is 30.3 Å². The third-order valence-corrected chi connectivity index (χ3v) is 2.51. The van der Waals surface area contributed by atoms with Crippen LogP contribution < -0.4 is 0 Å². The van der Waals surface area contributed by atoms with Crippen molar-refractivity contribution in [2.24, 2.45) is 0 Å². The summed E-state index contributed by atoms with van der Waals surface area (Å²) in [5.41, 5.74) is -0.258. The van der Waals surface area contributed by atoms with Gasteiger partial charge in [-0.25, -0.2) is 4.79 Å². The van der Waals surface area contributed by atoms with E-state index < -0.39 is 17.7 Å². The highest BCUT2D eigenvalue weighted by Crippen LogP contribution is 2.31. The first kappa shape index (κ1) is 13.9. The summed E-state index contributed by atoms with van der Waals surface area (Å²) in [5, 5.41) is 8.47. The number of carboxylic acid groups (broad SMARTS) is 1. The van der Waals surface area contributed by atoms with Crippen molar-refractivity contribution in [3.8, 4) is 11.3 Å². The number of rotatable bonds is 3. The molecule has 0 saturated heterocycles. The third kappa shape index (κ3) is 3.28. The minimum absolute atomic E-state index is 0.308. The molecule has 0 amide bonds. The smallest absolute Gasteiger partial charge is 0.416 e. The second kappa shape index (κ2) is 5.24. The number of furan rings is 1. The standard InChI is InChI=1S/C14H9F3O3/c15-14(16,17)10-3-1-9(2-4-10)12-7-5-11(20-12)6-8-13(18)19/h1-8H,(H,18,19). The summed E-state index contributed by atoms with van der Waals surface area (Å²) in [5.74, 6) is -0.441. The van der Waals surface area contributed by atoms with Crippen molar-refractivity contribution in [2.75, 3.05) is 0 Å². The molecule has 0 atom stereocenters. The predicted molar refractivity (Wildman–Crippen MR) is 65.8 cm³/mol. The van der Waals surface area contributed by atoms with Gasteiger partial charge >= 0.3 is 12.1 Å². The zero-order valence-corrected chi connectivity index (χ0v) is 10.0. The van der Waals surface area contributed by atoms with Crippen molar-refractivity contribution >= 4 is 12.0 Å². The van der Waals surface area contributed by atoms with E-state index in [1.807, 2.05) is 0 Å². The van der Waals surface area contributed by atoms with Crippen molar-refractivity contribution in [1.82, 2.24) is 0 Å². The number of aliphatic carboxylic acids is 1. The fourth-order valence-electron chi connectivity index (χ4n) is 1.57. The van der Waals surface area contributed by atoms with Crippen LogP contribution in [0.5, 0.6) is 0 Å². The maximum Gasteiger partial charge on any atom is 0.416 e. The van der Waals surface area contributed by atoms with E-state index in [0.717, 1.165) is 18.2 Å². The number of carboxylic acids is 1. The fourth-order valence-corrected chi connectivity index (χ4v) is 1.57. The van der Waals surface area contributed by atoms with Crippen molar-refractivity contribution in [1.29, 1.82) is 0 Å². The maximum atomic E-state index is 12.4. The molecule has 0 aliphatic heterocycles. The molecule has 1 heterocycles. The fraction of sp³-hybridized carbons (Fsp3) is 0.0714. The van der Waals surface area contributed by atoms with Gasteiger partial charge in [0.25, 0.3) is 0 Å². The summed E-state index contributed by atoms with van der Waals surface area (Å²) in [6.45, 7) is 0. The lowest BCUT2D eigenvalue weighted by atomic mass is 10.1. The number of halogens is 3. The van der Waals surface area contributed by atoms with Gasteiger partial charge in [0.15, 0.2) is 0 Å². The van der Waals surface area contributed by atoms with Crippen LogP contribution >= 0.6 is 0 Å². The summed E-state index contributed by atoms with van der Waals surface area (Å²) in [6.07, 6.45) is -2.21. The van der Waals surface area contributed by atoms with Crippen LogP contribution in [0.25, 0.3) is 17.4 Å². The average molecular weight is 282 g/mol. The normalized spacial score (nSPS) is 11.9. The van der Waals surface area contributed by atoms with E-state index in [-0.39, 0.29) is 0 Å². The Morgan fingerprint density at radius 2 is 1.75 bits per heavy atom. The monoisotopic (exact) mass is 282 g/mol. The van der Waals surface area contributed by atoms with Crippen LogP contribution in [0.4, 0.5) is 13.2 Å². The van der Waals surface area contributed by atoms with Crippen LogP contribution in [0.3, 0.4) is 0 Å². The molecular weight excluding hydrogens is 273 g/mol. The van der Waals surface area contributed by atoms with E-state index in [1.165, 1.54) is 24.3 Å². The van der Waals surface area contributed by atoms with Crippen LogP contribution in [0, 0.1) is 0 Å². The summed E-state index contributed by atoms with van der Waals surface area (Å²) in [6, 6.07) is 7.62. The minimum atomic E-state index is -4.38. The van der Waals surface area contributed by atoms with E-state index in [4.69, 9.17) is 9.52 Å². The molecule has 20 heavy (non-hydrogen) atoms. The Labute approximate surface area is 112 Å². The molecule has 1 aromatic carbocycles. The van der Waals surface area contributed by atoms with Gasteiger partial charge < -0.3 is 9.52 Å². The second-order valence-corrected chi connectivity index (χ2v) is 3.95. The Kier molecular flexibility index (Phi) is 3.65. The maximum absolute atomic E-state index is 12.4. The number of carbonyl (C=O) groups is 1. The summed E-state index contributed by atoms with van der Waals surface area (Å²) in [4.78, 5) is 10.3. The van der Waals surface area contributed by atoms with Gasteiger partial charge in [0.05, 0.1) is 5.56 Å². The summed E-state index contributed by atoms with van der Waals surface area (Å²) in [7, 11) is 0. The summed E-state index contributed by atoms with van der Waals surface area (Å²) >= 11 is 0. The zero-order valence-electron chi connectivity index (χ0n) is 10.0. The number of hydrogen-bond donors (Lipinski definition) is 1. The number of alkyl halides is 3. The van der Waals surface area contributed by atoms with Crippen LogP contribution in [0.15, 0.2) is 46.9 Å². The largest absolute Gasteiger partial charge is 0.478 e. The van der Waals surface area contributed by atoms with Gasteiger partial charge in [-0.2, -0.15) is 13.2 Å². The Morgan fingerprint density at radius 3 is 2.30 bits per heavy atom. The van der Waals surface area contributed by atoms with Crippen LogP contribution in [-0.2, 0) is 11.0 Å². The quantitative estimate of drug-likeness (QED) is 0.863. The van der Waals surface area contributed by atoms with Crippen molar-refractivity contribution in [3.63, 3.8) is 0 Å². The van der Waals surface area contributed by atoms with Crippen molar-refractivity contribution < 1.29 is 27.5 Å². The molecule has 3 nitrogen and oxygen atoms in total. The number of benzene rings is 1. The van der Waals surface area contributed by atoms with E-state index in [9.17, 15) is 18.0 Å². The molecule has 1 N–H and O–H groups in total. The van der Waals surface area contributed by atoms with Gasteiger partial charge in [-0.15, -0.1) is 0 Å². The molecule has 0 radical (unpaired) electrons. The molecular formula is C14H9F3O3. The van der Waals surface area contributed by atoms with E-state index in [1.54, 1.807) is 6.07 Å². The van der Waals surface area contributed by atoms with Crippen LogP contribution in [-0.4, -0.2) is 11.1 Å². The first-order chi connectivity index (χ1) is 9.36. The lowest BCUT2D eigenvalue weighted by molar-refractivity contribution is -0.137. The highest BCUT2D eigenvalue weighted by molar-refractivity contribution is 5.84. The van der Waals surface area contributed by atoms with Crippen molar-refractivity contribution in [3.05, 3.63) is 53.8 Å². The van der Waals surface area contributed by atoms with Crippen LogP contribution in [0.1, 0.15) is 11.3 Å². The van der Waals surface area contributed by atoms with Gasteiger partial charge in [-0.3, -0.25) is 0 Å². The Balaban J connectivity index is 2.22. The van der Waals surface area contributed by atoms with Crippen LogP contribution in [0.2, 0.25) is 0 Å². The molecule has 0 saturated carbocycles. The van der Waals surface area contributed by atoms with Gasteiger partial charge in [-0.1, -0.05) is 12.1 Å². The Bertz CT molecular complexity index is 636. The molecule has 0 fully saturated rings. The molecule has 0 spiro atoms. The molecule has 0 aliphatic rings. The number of hydrogen-bond acceptors (Lipinski definition) is 2.